The molecule has 4 rings (SSSR count). The molecule has 0 nitrogen and oxygen atoms in total. The van der Waals surface area contributed by atoms with E-state index < -0.39 is 8.07 Å². The predicted molar refractivity (Wildman–Crippen MR) is 159 cm³/mol. The molecular formula is C33H40Si2. The molecule has 0 amide bonds. The quantitative estimate of drug-likeness (QED) is 0.310. The molecule has 1 aliphatic rings. The fourth-order valence-electron chi connectivity index (χ4n) is 5.73. The van der Waals surface area contributed by atoms with Gasteiger partial charge in [-0.2, -0.15) is 0 Å². The van der Waals surface area contributed by atoms with Crippen molar-refractivity contribution in [2.75, 3.05) is 0 Å². The zero-order valence-electron chi connectivity index (χ0n) is 23.0. The summed E-state index contributed by atoms with van der Waals surface area (Å²) in [7, 11) is -0.674. The van der Waals surface area contributed by atoms with Crippen LogP contribution in [0.15, 0.2) is 83.4 Å². The third-order valence-electron chi connectivity index (χ3n) is 7.87. The van der Waals surface area contributed by atoms with Crippen molar-refractivity contribution in [2.24, 2.45) is 5.92 Å². The highest BCUT2D eigenvalue weighted by atomic mass is 28.3. The standard InChI is InChI=1S/C33H40Si2/c1-21-18-28(20-29(19-21)35(7,8)9)34-33(30-22(2)14-13-15-23(30)3)32-26(6)24(4)25(5)31(32)27-16-11-10-12-17-27/h10-20,32-33H,1-9H3. The Labute approximate surface area is 217 Å². The lowest BCUT2D eigenvalue weighted by Crippen LogP contribution is -2.41. The number of hydrogen-bond acceptors (Lipinski definition) is 0. The van der Waals surface area contributed by atoms with E-state index in [2.05, 4.69) is 128 Å². The predicted octanol–water partition coefficient (Wildman–Crippen LogP) is 7.67. The topological polar surface area (TPSA) is 0 Å². The average molecular weight is 493 g/mol. The van der Waals surface area contributed by atoms with Crippen molar-refractivity contribution in [3.05, 3.63) is 111 Å². The first-order valence-corrected chi connectivity index (χ1v) is 17.5. The maximum Gasteiger partial charge on any atom is 0.0901 e. The van der Waals surface area contributed by atoms with E-state index >= 15 is 0 Å². The maximum atomic E-state index is 2.54. The Balaban J connectivity index is 1.92. The molecule has 0 N–H and O–H groups in total. The number of hydrogen-bond donors (Lipinski definition) is 0. The molecule has 2 radical (unpaired) electrons. The van der Waals surface area contributed by atoms with E-state index in [0.717, 1.165) is 9.52 Å². The molecule has 2 unspecified atom stereocenters. The summed E-state index contributed by atoms with van der Waals surface area (Å²) in [5.74, 6) is 0.395. The average Bonchev–Trinajstić information content (AvgIpc) is 3.01. The van der Waals surface area contributed by atoms with Gasteiger partial charge in [-0.1, -0.05) is 108 Å². The Morgan fingerprint density at radius 1 is 0.714 bits per heavy atom. The van der Waals surface area contributed by atoms with Gasteiger partial charge >= 0.3 is 0 Å². The Hall–Kier alpha value is -2.43. The minimum absolute atomic E-state index is 0.395. The highest BCUT2D eigenvalue weighted by Gasteiger charge is 2.37. The molecule has 0 saturated heterocycles. The van der Waals surface area contributed by atoms with Gasteiger partial charge in [-0.3, -0.25) is 0 Å². The minimum Gasteiger partial charge on any atom is -0.0656 e. The van der Waals surface area contributed by atoms with Crippen molar-refractivity contribution in [1.82, 2.24) is 0 Å². The van der Waals surface area contributed by atoms with Crippen LogP contribution >= 0.6 is 0 Å². The van der Waals surface area contributed by atoms with E-state index in [1.54, 1.807) is 16.3 Å². The first-order chi connectivity index (χ1) is 16.5. The van der Waals surface area contributed by atoms with Crippen molar-refractivity contribution >= 4 is 33.5 Å². The molecule has 2 atom stereocenters. The van der Waals surface area contributed by atoms with Gasteiger partial charge in [0.05, 0.1) is 17.6 Å². The van der Waals surface area contributed by atoms with Crippen LogP contribution in [0, 0.1) is 26.7 Å². The third kappa shape index (κ3) is 5.10. The molecule has 180 valence electrons. The molecule has 2 heteroatoms. The van der Waals surface area contributed by atoms with Gasteiger partial charge in [-0.25, -0.2) is 0 Å². The van der Waals surface area contributed by atoms with Crippen LogP contribution in [-0.4, -0.2) is 17.6 Å². The second-order valence-corrected chi connectivity index (χ2v) is 18.0. The largest absolute Gasteiger partial charge is 0.0901 e. The van der Waals surface area contributed by atoms with Crippen molar-refractivity contribution in [3.63, 3.8) is 0 Å². The molecule has 0 aliphatic heterocycles. The van der Waals surface area contributed by atoms with Crippen molar-refractivity contribution in [3.8, 4) is 0 Å². The summed E-state index contributed by atoms with van der Waals surface area (Å²) in [6.07, 6.45) is 0. The molecule has 0 fully saturated rings. The molecule has 0 saturated carbocycles. The summed E-state index contributed by atoms with van der Waals surface area (Å²) in [4.78, 5) is 0. The van der Waals surface area contributed by atoms with Crippen LogP contribution in [0.4, 0.5) is 0 Å². The maximum absolute atomic E-state index is 2.54. The van der Waals surface area contributed by atoms with Gasteiger partial charge in [0.1, 0.15) is 0 Å². The van der Waals surface area contributed by atoms with E-state index in [1.807, 2.05) is 0 Å². The van der Waals surface area contributed by atoms with E-state index in [9.17, 15) is 0 Å². The Morgan fingerprint density at radius 3 is 1.94 bits per heavy atom. The van der Waals surface area contributed by atoms with Crippen molar-refractivity contribution in [1.29, 1.82) is 0 Å². The lowest BCUT2D eigenvalue weighted by molar-refractivity contribution is 0.736. The lowest BCUT2D eigenvalue weighted by atomic mass is 9.82. The Bertz CT molecular complexity index is 1280. The lowest BCUT2D eigenvalue weighted by Gasteiger charge is -2.31. The summed E-state index contributed by atoms with van der Waals surface area (Å²) in [5.41, 5.74) is 13.6. The zero-order valence-corrected chi connectivity index (χ0v) is 25.0. The smallest absolute Gasteiger partial charge is 0.0656 e. The minimum atomic E-state index is -1.40. The van der Waals surface area contributed by atoms with E-state index in [0.29, 0.717) is 11.5 Å². The van der Waals surface area contributed by atoms with Crippen LogP contribution in [-0.2, 0) is 0 Å². The molecule has 35 heavy (non-hydrogen) atoms. The van der Waals surface area contributed by atoms with E-state index in [4.69, 9.17) is 0 Å². The van der Waals surface area contributed by atoms with Crippen LogP contribution in [0.25, 0.3) is 5.57 Å². The molecule has 1 aliphatic carbocycles. The van der Waals surface area contributed by atoms with Crippen LogP contribution in [0.5, 0.6) is 0 Å². The highest BCUT2D eigenvalue weighted by Crippen LogP contribution is 2.49. The highest BCUT2D eigenvalue weighted by molar-refractivity contribution is 6.89. The van der Waals surface area contributed by atoms with Crippen LogP contribution in [0.3, 0.4) is 0 Å². The second-order valence-electron chi connectivity index (χ2n) is 11.5. The Morgan fingerprint density at radius 2 is 1.34 bits per heavy atom. The molecule has 0 bridgehead atoms. The molecule has 0 spiro atoms. The second kappa shape index (κ2) is 9.91. The zero-order chi connectivity index (χ0) is 25.5. The van der Waals surface area contributed by atoms with Gasteiger partial charge < -0.3 is 0 Å². The fraction of sp³-hybridized carbons (Fsp3) is 0.333. The summed E-state index contributed by atoms with van der Waals surface area (Å²) in [5, 5.41) is 3.09. The van der Waals surface area contributed by atoms with Gasteiger partial charge in [-0.15, -0.1) is 0 Å². The summed E-state index contributed by atoms with van der Waals surface area (Å²) < 4.78 is 0. The van der Waals surface area contributed by atoms with Crippen molar-refractivity contribution in [2.45, 2.75) is 66.7 Å². The molecular weight excluding hydrogens is 453 g/mol. The number of benzene rings is 3. The monoisotopic (exact) mass is 492 g/mol. The van der Waals surface area contributed by atoms with Gasteiger partial charge in [0.15, 0.2) is 0 Å². The van der Waals surface area contributed by atoms with Gasteiger partial charge in [0.2, 0.25) is 0 Å². The molecule has 3 aromatic rings. The molecule has 0 heterocycles. The van der Waals surface area contributed by atoms with Crippen molar-refractivity contribution < 1.29 is 0 Å². The number of rotatable bonds is 6. The van der Waals surface area contributed by atoms with Crippen LogP contribution in [0.1, 0.15) is 54.1 Å². The van der Waals surface area contributed by atoms with E-state index in [1.165, 1.54) is 44.2 Å². The molecule has 0 aromatic heterocycles. The number of allylic oxidation sites excluding steroid dienone is 4. The first-order valence-electron chi connectivity index (χ1n) is 12.9. The SMILES string of the molecule is CC1=C(C)C(C([Si]c2cc(C)cc([Si](C)(C)C)c2)c2c(C)cccc2C)C(c2ccccc2)=C1C. The van der Waals surface area contributed by atoms with Crippen LogP contribution in [0.2, 0.25) is 19.6 Å². The summed E-state index contributed by atoms with van der Waals surface area (Å²) >= 11 is 0. The normalized spacial score (nSPS) is 17.3. The number of aryl methyl sites for hydroxylation is 3. The Kier molecular flexibility index (Phi) is 7.27. The third-order valence-corrected chi connectivity index (χ3v) is 11.4. The van der Waals surface area contributed by atoms with Crippen LogP contribution < -0.4 is 10.4 Å². The van der Waals surface area contributed by atoms with Gasteiger partial charge in [0, 0.05) is 5.92 Å². The summed E-state index contributed by atoms with van der Waals surface area (Å²) in [6, 6.07) is 25.4. The van der Waals surface area contributed by atoms with E-state index in [-0.39, 0.29) is 0 Å². The van der Waals surface area contributed by atoms with Gasteiger partial charge in [-0.05, 0) is 86.1 Å². The fourth-order valence-corrected chi connectivity index (χ4v) is 9.22. The summed E-state index contributed by atoms with van der Waals surface area (Å²) in [6.45, 7) is 21.3. The molecule has 3 aromatic carbocycles. The van der Waals surface area contributed by atoms with Gasteiger partial charge in [0.25, 0.3) is 0 Å². The first kappa shape index (κ1) is 25.7.